The molecule has 17 heteroatoms. The fraction of sp³-hybridized carbons (Fsp3) is 0.273. The summed E-state index contributed by atoms with van der Waals surface area (Å²) in [6.45, 7) is 6.91. The maximum absolute atomic E-state index is 15.1. The molecule has 2 amide bonds. The van der Waals surface area contributed by atoms with Gasteiger partial charge in [-0.3, -0.25) is 19.1 Å². The van der Waals surface area contributed by atoms with Crippen LogP contribution in [0.1, 0.15) is 59.0 Å². The quantitative estimate of drug-likeness (QED) is 0.197. The summed E-state index contributed by atoms with van der Waals surface area (Å²) >= 11 is 0. The second-order valence-electron chi connectivity index (χ2n) is 12.7. The van der Waals surface area contributed by atoms with E-state index in [0.29, 0.717) is 23.3 Å². The maximum Gasteiger partial charge on any atom is 0.336 e. The van der Waals surface area contributed by atoms with E-state index in [1.165, 1.54) is 50.1 Å². The van der Waals surface area contributed by atoms with Gasteiger partial charge in [-0.1, -0.05) is 6.07 Å². The lowest BCUT2D eigenvalue weighted by atomic mass is 9.90. The van der Waals surface area contributed by atoms with E-state index in [1.54, 1.807) is 33.8 Å². The van der Waals surface area contributed by atoms with E-state index in [1.807, 2.05) is 4.72 Å². The minimum absolute atomic E-state index is 0.0485. The first-order valence-corrected chi connectivity index (χ1v) is 16.8. The predicted molar refractivity (Wildman–Crippen MR) is 184 cm³/mol. The molecule has 0 aliphatic heterocycles. The molecular formula is C33H35BF2N6O7S. The Hall–Kier alpha value is -5.45. The van der Waals surface area contributed by atoms with Gasteiger partial charge in [-0.2, -0.15) is 0 Å². The van der Waals surface area contributed by atoms with Gasteiger partial charge >= 0.3 is 5.69 Å². The molecule has 262 valence electrons. The van der Waals surface area contributed by atoms with Gasteiger partial charge in [0.05, 0.1) is 22.2 Å². The monoisotopic (exact) mass is 708 g/mol. The maximum atomic E-state index is 15.1. The van der Waals surface area contributed by atoms with Crippen molar-refractivity contribution >= 4 is 41.1 Å². The van der Waals surface area contributed by atoms with E-state index in [4.69, 9.17) is 0 Å². The first-order chi connectivity index (χ1) is 23.3. The number of benzene rings is 2. The van der Waals surface area contributed by atoms with Crippen LogP contribution in [0.5, 0.6) is 0 Å². The first kappa shape index (κ1) is 37.4. The number of sulfonamides is 1. The number of aromatic nitrogens is 3. The number of nitrogens with one attached hydrogen (secondary N) is 3. The molecule has 0 bridgehead atoms. The van der Waals surface area contributed by atoms with Crippen LogP contribution in [-0.2, 0) is 28.3 Å². The molecule has 1 atom stereocenters. The van der Waals surface area contributed by atoms with Crippen LogP contribution in [-0.4, -0.2) is 59.5 Å². The Bertz CT molecular complexity index is 2160. The lowest BCUT2D eigenvalue weighted by Gasteiger charge is -2.20. The second-order valence-corrected chi connectivity index (χ2v) is 14.4. The molecule has 0 radical (unpaired) electrons. The van der Waals surface area contributed by atoms with Crippen LogP contribution in [0.25, 0.3) is 5.82 Å². The summed E-state index contributed by atoms with van der Waals surface area (Å²) in [5.74, 6) is -3.95. The zero-order valence-corrected chi connectivity index (χ0v) is 28.9. The predicted octanol–water partition coefficient (Wildman–Crippen LogP) is 1.74. The number of hydrogen-bond acceptors (Lipinski definition) is 8. The Morgan fingerprint density at radius 3 is 2.22 bits per heavy atom. The Morgan fingerprint density at radius 2 is 1.64 bits per heavy atom. The fourth-order valence-electron chi connectivity index (χ4n) is 4.85. The normalized spacial score (nSPS) is 12.2. The number of amides is 2. The third-order valence-corrected chi connectivity index (χ3v) is 8.82. The standard InChI is InChI=1S/C33H35BF2N6O7S/c1-18-17-41(5)32(47)42(31(18)46)27-13-7-19(16-37-27)6-12-25(28(34)43)38-30(45)22-14-24(36)26(15-23(22)35)40-50(48,49)21-10-8-20(9-11-21)29(44)39-33(2,3)4/h7-11,13-17,25,40H,6,12,34H2,1-5H3,(H,38,45)(H,39,44)/t25-/m0/s1. The van der Waals surface area contributed by atoms with Crippen molar-refractivity contribution in [1.82, 2.24) is 24.8 Å². The van der Waals surface area contributed by atoms with E-state index < -0.39 is 73.2 Å². The lowest BCUT2D eigenvalue weighted by molar-refractivity contribution is -0.113. The van der Waals surface area contributed by atoms with E-state index in [2.05, 4.69) is 15.6 Å². The number of nitrogens with zero attached hydrogens (tertiary/aromatic N) is 3. The van der Waals surface area contributed by atoms with Crippen LogP contribution in [0.3, 0.4) is 0 Å². The van der Waals surface area contributed by atoms with Gasteiger partial charge in [-0.25, -0.2) is 31.5 Å². The van der Waals surface area contributed by atoms with Crippen LogP contribution >= 0.6 is 0 Å². The fourth-order valence-corrected chi connectivity index (χ4v) is 5.90. The van der Waals surface area contributed by atoms with E-state index in [-0.39, 0.29) is 29.1 Å². The summed E-state index contributed by atoms with van der Waals surface area (Å²) in [5, 5.41) is 5.12. The van der Waals surface area contributed by atoms with Crippen LogP contribution in [0, 0.1) is 18.6 Å². The van der Waals surface area contributed by atoms with E-state index >= 15 is 8.78 Å². The van der Waals surface area contributed by atoms with Crippen molar-refractivity contribution in [3.8, 4) is 5.82 Å². The molecule has 0 spiro atoms. The van der Waals surface area contributed by atoms with E-state index in [9.17, 15) is 32.4 Å². The van der Waals surface area contributed by atoms with Gasteiger partial charge in [0.15, 0.2) is 7.85 Å². The number of carbonyl (C=O) groups excluding carboxylic acids is 3. The summed E-state index contributed by atoms with van der Waals surface area (Å²) in [4.78, 5) is 66.5. The molecular weight excluding hydrogens is 673 g/mol. The summed E-state index contributed by atoms with van der Waals surface area (Å²) in [5.41, 5.74) is -2.49. The molecule has 0 aliphatic rings. The molecule has 0 saturated carbocycles. The molecule has 2 heterocycles. The minimum Gasteiger partial charge on any atom is -0.347 e. The first-order valence-electron chi connectivity index (χ1n) is 15.3. The Balaban J connectivity index is 1.44. The van der Waals surface area contributed by atoms with Crippen molar-refractivity contribution in [3.05, 3.63) is 116 Å². The number of pyridine rings is 1. The number of anilines is 1. The van der Waals surface area contributed by atoms with Gasteiger partial charge in [0.25, 0.3) is 27.4 Å². The Morgan fingerprint density at radius 1 is 0.980 bits per heavy atom. The molecule has 0 aliphatic carbocycles. The second kappa shape index (κ2) is 14.6. The molecule has 0 saturated heterocycles. The third-order valence-electron chi connectivity index (χ3n) is 7.44. The number of halogens is 2. The number of aryl methyl sites for hydroxylation is 3. The highest BCUT2D eigenvalue weighted by molar-refractivity contribution is 7.92. The highest BCUT2D eigenvalue weighted by Gasteiger charge is 2.24. The Labute approximate surface area is 287 Å². The highest BCUT2D eigenvalue weighted by Crippen LogP contribution is 2.24. The topological polar surface area (TPSA) is 178 Å². The van der Waals surface area contributed by atoms with Crippen LogP contribution in [0.2, 0.25) is 0 Å². The van der Waals surface area contributed by atoms with Crippen LogP contribution in [0.15, 0.2) is 75.4 Å². The largest absolute Gasteiger partial charge is 0.347 e. The molecule has 2 aromatic carbocycles. The zero-order valence-electron chi connectivity index (χ0n) is 28.1. The number of carbonyl (C=O) groups is 3. The average molecular weight is 709 g/mol. The van der Waals surface area contributed by atoms with Gasteiger partial charge in [-0.15, -0.1) is 0 Å². The van der Waals surface area contributed by atoms with Crippen LogP contribution in [0.4, 0.5) is 14.5 Å². The van der Waals surface area contributed by atoms with Gasteiger partial charge in [0, 0.05) is 42.2 Å². The summed E-state index contributed by atoms with van der Waals surface area (Å²) in [6, 6.07) is 7.80. The molecule has 0 unspecified atom stereocenters. The molecule has 0 fully saturated rings. The Kier molecular flexibility index (Phi) is 10.9. The average Bonchev–Trinajstić information content (AvgIpc) is 3.03. The minimum atomic E-state index is -4.43. The molecule has 2 aromatic heterocycles. The van der Waals surface area contributed by atoms with Gasteiger partial charge in [-0.05, 0) is 82.5 Å². The molecule has 4 aromatic rings. The van der Waals surface area contributed by atoms with Gasteiger partial charge in [0.2, 0.25) is 0 Å². The molecule has 4 rings (SSSR count). The van der Waals surface area contributed by atoms with Crippen molar-refractivity contribution in [1.29, 1.82) is 0 Å². The van der Waals surface area contributed by atoms with Crippen molar-refractivity contribution in [3.63, 3.8) is 0 Å². The number of rotatable bonds is 11. The van der Waals surface area contributed by atoms with Gasteiger partial charge < -0.3 is 20.0 Å². The SMILES string of the molecule is BC(=O)[C@H](CCc1ccc(-n2c(=O)c(C)cn(C)c2=O)nc1)NC(=O)c1cc(F)c(NS(=O)(=O)c2ccc(C(=O)NC(C)(C)C)cc2)cc1F. The van der Waals surface area contributed by atoms with Crippen molar-refractivity contribution in [2.24, 2.45) is 7.05 Å². The number of hydrogen-bond donors (Lipinski definition) is 3. The van der Waals surface area contributed by atoms with Crippen molar-refractivity contribution < 1.29 is 31.6 Å². The van der Waals surface area contributed by atoms with Crippen LogP contribution < -0.4 is 26.6 Å². The van der Waals surface area contributed by atoms with Crippen molar-refractivity contribution in [2.45, 2.75) is 57.0 Å². The third kappa shape index (κ3) is 8.77. The van der Waals surface area contributed by atoms with Crippen molar-refractivity contribution in [2.75, 3.05) is 4.72 Å². The highest BCUT2D eigenvalue weighted by atomic mass is 32.2. The smallest absolute Gasteiger partial charge is 0.336 e. The molecule has 13 nitrogen and oxygen atoms in total. The zero-order chi connectivity index (χ0) is 37.1. The van der Waals surface area contributed by atoms with E-state index in [0.717, 1.165) is 16.7 Å². The lowest BCUT2D eigenvalue weighted by Crippen LogP contribution is -2.41. The summed E-state index contributed by atoms with van der Waals surface area (Å²) < 4.78 is 60.0. The summed E-state index contributed by atoms with van der Waals surface area (Å²) in [6.07, 6.45) is 3.09. The molecule has 50 heavy (non-hydrogen) atoms. The van der Waals surface area contributed by atoms with Gasteiger partial charge in [0.1, 0.15) is 23.1 Å². The molecule has 3 N–H and O–H groups in total. The summed E-state index contributed by atoms with van der Waals surface area (Å²) in [7, 11) is -1.71.